The Morgan fingerprint density at radius 1 is 1.21 bits per heavy atom. The molecule has 0 bridgehead atoms. The number of morpholine rings is 1. The summed E-state index contributed by atoms with van der Waals surface area (Å²) in [5, 5.41) is 2.86. The van der Waals surface area contributed by atoms with E-state index >= 15 is 0 Å². The van der Waals surface area contributed by atoms with Crippen LogP contribution in [0.4, 0.5) is 5.69 Å². The number of nitrogens with one attached hydrogen (secondary N) is 1. The zero-order valence-electron chi connectivity index (χ0n) is 15.7. The molecule has 28 heavy (non-hydrogen) atoms. The van der Waals surface area contributed by atoms with Crippen LogP contribution in [0.15, 0.2) is 34.9 Å². The van der Waals surface area contributed by atoms with E-state index < -0.39 is 6.10 Å². The third kappa shape index (κ3) is 3.45. The number of carbonyl (C=O) groups excluding carboxylic acids is 3. The van der Waals surface area contributed by atoms with Crippen molar-refractivity contribution in [1.29, 1.82) is 0 Å². The predicted molar refractivity (Wildman–Crippen MR) is 101 cm³/mol. The molecule has 1 aromatic heterocycles. The number of amides is 2. The first kappa shape index (κ1) is 18.4. The van der Waals surface area contributed by atoms with Crippen LogP contribution in [0.25, 0.3) is 0 Å². The second-order valence-corrected chi connectivity index (χ2v) is 7.14. The van der Waals surface area contributed by atoms with Crippen LogP contribution in [0.3, 0.4) is 0 Å². The van der Waals surface area contributed by atoms with Crippen LogP contribution in [-0.4, -0.2) is 48.3 Å². The molecule has 1 aliphatic heterocycles. The van der Waals surface area contributed by atoms with Crippen molar-refractivity contribution in [2.75, 3.05) is 25.0 Å². The Morgan fingerprint density at radius 2 is 2.04 bits per heavy atom. The van der Waals surface area contributed by atoms with Gasteiger partial charge >= 0.3 is 0 Å². The summed E-state index contributed by atoms with van der Waals surface area (Å²) in [6, 6.07) is 7.48. The molecule has 146 valence electrons. The number of ketones is 1. The van der Waals surface area contributed by atoms with E-state index in [0.29, 0.717) is 42.0 Å². The number of carbonyl (C=O) groups is 3. The number of hydrogen-bond acceptors (Lipinski definition) is 5. The lowest BCUT2D eigenvalue weighted by atomic mass is 9.93. The molecule has 2 heterocycles. The van der Waals surface area contributed by atoms with Crippen molar-refractivity contribution in [2.45, 2.75) is 32.3 Å². The molecule has 1 aliphatic carbocycles. The van der Waals surface area contributed by atoms with Gasteiger partial charge in [0.15, 0.2) is 11.9 Å². The normalized spacial score (nSPS) is 19.2. The van der Waals surface area contributed by atoms with Gasteiger partial charge in [0, 0.05) is 25.1 Å². The van der Waals surface area contributed by atoms with E-state index in [2.05, 4.69) is 5.32 Å². The van der Waals surface area contributed by atoms with Crippen molar-refractivity contribution < 1.29 is 23.5 Å². The maximum Gasteiger partial charge on any atom is 0.258 e. The van der Waals surface area contributed by atoms with E-state index in [1.807, 2.05) is 31.2 Å². The molecule has 7 nitrogen and oxygen atoms in total. The Bertz CT molecular complexity index is 933. The summed E-state index contributed by atoms with van der Waals surface area (Å²) in [5.41, 5.74) is 2.36. The first-order valence-corrected chi connectivity index (χ1v) is 9.45. The lowest BCUT2D eigenvalue weighted by Gasteiger charge is -2.32. The number of hydrogen-bond donors (Lipinski definition) is 1. The van der Waals surface area contributed by atoms with Crippen LogP contribution in [0.1, 0.15) is 44.9 Å². The Kier molecular flexibility index (Phi) is 5.00. The number of para-hydroxylation sites is 1. The number of Topliss-reactive ketones (excluding diaryl/α,β-unsaturated/α-hetero) is 1. The number of nitrogens with zero attached hydrogens (tertiary/aromatic N) is 1. The molecule has 2 amide bonds. The minimum atomic E-state index is -0.768. The lowest BCUT2D eigenvalue weighted by Crippen LogP contribution is -2.50. The molecule has 1 atom stereocenters. The quantitative estimate of drug-likeness (QED) is 0.881. The average molecular weight is 382 g/mol. The minimum Gasteiger partial charge on any atom is -0.468 e. The number of aryl methyl sites for hydroxylation is 2. The molecular weight excluding hydrogens is 360 g/mol. The summed E-state index contributed by atoms with van der Waals surface area (Å²) >= 11 is 0. The number of fused-ring (bicyclic) bond motifs is 1. The van der Waals surface area contributed by atoms with Gasteiger partial charge in [0.2, 0.25) is 0 Å². The minimum absolute atomic E-state index is 0.0551. The fraction of sp³-hybridized carbons (Fsp3) is 0.381. The fourth-order valence-corrected chi connectivity index (χ4v) is 3.67. The topological polar surface area (TPSA) is 88.9 Å². The highest BCUT2D eigenvalue weighted by atomic mass is 16.5. The third-order valence-electron chi connectivity index (χ3n) is 5.23. The number of ether oxygens (including phenoxy) is 1. The van der Waals surface area contributed by atoms with Gasteiger partial charge < -0.3 is 19.4 Å². The SMILES string of the molecule is Cc1ccccc1NC(=O)C1CN(C(=O)c2coc3c2C(=O)CCC3)CCO1. The molecule has 1 fully saturated rings. The van der Waals surface area contributed by atoms with E-state index in [4.69, 9.17) is 9.15 Å². The summed E-state index contributed by atoms with van der Waals surface area (Å²) in [5.74, 6) is -0.0588. The molecule has 2 aromatic rings. The molecule has 0 saturated carbocycles. The first-order chi connectivity index (χ1) is 13.5. The molecule has 0 radical (unpaired) electrons. The van der Waals surface area contributed by atoms with E-state index in [-0.39, 0.29) is 30.7 Å². The second-order valence-electron chi connectivity index (χ2n) is 7.14. The maximum atomic E-state index is 13.0. The fourth-order valence-electron chi connectivity index (χ4n) is 3.67. The first-order valence-electron chi connectivity index (χ1n) is 9.45. The second kappa shape index (κ2) is 7.59. The van der Waals surface area contributed by atoms with Crippen LogP contribution < -0.4 is 5.32 Å². The van der Waals surface area contributed by atoms with Gasteiger partial charge in [-0.1, -0.05) is 18.2 Å². The summed E-state index contributed by atoms with van der Waals surface area (Å²) in [4.78, 5) is 39.4. The van der Waals surface area contributed by atoms with E-state index in [0.717, 1.165) is 12.0 Å². The van der Waals surface area contributed by atoms with E-state index in [9.17, 15) is 14.4 Å². The smallest absolute Gasteiger partial charge is 0.258 e. The molecule has 2 aliphatic rings. The Balaban J connectivity index is 1.47. The Morgan fingerprint density at radius 3 is 2.86 bits per heavy atom. The van der Waals surface area contributed by atoms with Gasteiger partial charge in [-0.2, -0.15) is 0 Å². The van der Waals surface area contributed by atoms with E-state index in [1.54, 1.807) is 4.90 Å². The summed E-state index contributed by atoms with van der Waals surface area (Å²) < 4.78 is 11.0. The molecule has 4 rings (SSSR count). The summed E-state index contributed by atoms with van der Waals surface area (Å²) in [6.45, 7) is 2.66. The molecule has 1 aromatic carbocycles. The van der Waals surface area contributed by atoms with Gasteiger partial charge in [-0.15, -0.1) is 0 Å². The molecule has 0 spiro atoms. The summed E-state index contributed by atoms with van der Waals surface area (Å²) in [7, 11) is 0. The van der Waals surface area contributed by atoms with E-state index in [1.165, 1.54) is 6.26 Å². The van der Waals surface area contributed by atoms with Crippen LogP contribution in [0, 0.1) is 6.92 Å². The van der Waals surface area contributed by atoms with Gasteiger partial charge in [0.25, 0.3) is 11.8 Å². The highest BCUT2D eigenvalue weighted by Crippen LogP contribution is 2.27. The molecular formula is C21H22N2O5. The number of rotatable bonds is 3. The highest BCUT2D eigenvalue weighted by Gasteiger charge is 2.34. The van der Waals surface area contributed by atoms with Crippen molar-refractivity contribution in [1.82, 2.24) is 4.90 Å². The molecule has 1 unspecified atom stereocenters. The van der Waals surface area contributed by atoms with Crippen molar-refractivity contribution in [2.24, 2.45) is 0 Å². The van der Waals surface area contributed by atoms with Crippen LogP contribution in [-0.2, 0) is 16.0 Å². The number of anilines is 1. The van der Waals surface area contributed by atoms with Crippen molar-refractivity contribution in [3.05, 3.63) is 53.0 Å². The van der Waals surface area contributed by atoms with Gasteiger partial charge in [0.05, 0.1) is 24.3 Å². The molecule has 1 saturated heterocycles. The number of furan rings is 1. The van der Waals surface area contributed by atoms with Gasteiger partial charge in [0.1, 0.15) is 12.0 Å². The van der Waals surface area contributed by atoms with Crippen molar-refractivity contribution >= 4 is 23.3 Å². The standard InChI is InChI=1S/C21H22N2O5/c1-13-5-2-3-6-15(13)22-20(25)18-11-23(9-10-27-18)21(26)14-12-28-17-8-4-7-16(24)19(14)17/h2-3,5-6,12,18H,4,7-11H2,1H3,(H,22,25). The van der Waals surface area contributed by atoms with Gasteiger partial charge in [-0.3, -0.25) is 14.4 Å². The Labute approximate surface area is 162 Å². The zero-order valence-corrected chi connectivity index (χ0v) is 15.7. The van der Waals surface area contributed by atoms with Crippen molar-refractivity contribution in [3.8, 4) is 0 Å². The maximum absolute atomic E-state index is 13.0. The average Bonchev–Trinajstić information content (AvgIpc) is 3.15. The monoisotopic (exact) mass is 382 g/mol. The molecule has 1 N–H and O–H groups in total. The summed E-state index contributed by atoms with van der Waals surface area (Å²) in [6.07, 6.45) is 2.44. The predicted octanol–water partition coefficient (Wildman–Crippen LogP) is 2.59. The van der Waals surface area contributed by atoms with Crippen molar-refractivity contribution in [3.63, 3.8) is 0 Å². The van der Waals surface area contributed by atoms with Crippen LogP contribution >= 0.6 is 0 Å². The van der Waals surface area contributed by atoms with Gasteiger partial charge in [-0.05, 0) is 25.0 Å². The number of benzene rings is 1. The van der Waals surface area contributed by atoms with Crippen LogP contribution in [0.2, 0.25) is 0 Å². The largest absolute Gasteiger partial charge is 0.468 e. The van der Waals surface area contributed by atoms with Gasteiger partial charge in [-0.25, -0.2) is 0 Å². The third-order valence-corrected chi connectivity index (χ3v) is 5.23. The molecule has 7 heteroatoms. The Hall–Kier alpha value is -2.93. The lowest BCUT2D eigenvalue weighted by molar-refractivity contribution is -0.131. The zero-order chi connectivity index (χ0) is 19.7. The highest BCUT2D eigenvalue weighted by molar-refractivity contribution is 6.09. The van der Waals surface area contributed by atoms with Crippen LogP contribution in [0.5, 0.6) is 0 Å².